The quantitative estimate of drug-likeness (QED) is 0.601. The molecule has 1 rings (SSSR count). The summed E-state index contributed by atoms with van der Waals surface area (Å²) in [6.07, 6.45) is 0.622. The summed E-state index contributed by atoms with van der Waals surface area (Å²) >= 11 is 0. The van der Waals surface area contributed by atoms with Gasteiger partial charge in [0.15, 0.2) is 0 Å². The highest BCUT2D eigenvalue weighted by atomic mass is 19.4. The summed E-state index contributed by atoms with van der Waals surface area (Å²) in [4.78, 5) is 0. The molecule has 1 atom stereocenters. The van der Waals surface area contributed by atoms with Crippen molar-refractivity contribution in [1.29, 1.82) is 0 Å². The number of halogens is 3. The number of alkyl halides is 3. The molecule has 0 unspecified atom stereocenters. The van der Waals surface area contributed by atoms with Crippen molar-refractivity contribution in [2.75, 3.05) is 0 Å². The molecule has 0 aliphatic carbocycles. The van der Waals surface area contributed by atoms with Crippen molar-refractivity contribution in [2.24, 2.45) is 0 Å². The summed E-state index contributed by atoms with van der Waals surface area (Å²) in [6.45, 7) is 3.94. The Morgan fingerprint density at radius 3 is 2.42 bits per heavy atom. The molecule has 0 N–H and O–H groups in total. The maximum absolute atomic E-state index is 12.8. The molecule has 108 valence electrons. The molecule has 0 saturated heterocycles. The van der Waals surface area contributed by atoms with E-state index < -0.39 is 11.7 Å². The van der Waals surface area contributed by atoms with E-state index in [2.05, 4.69) is 6.92 Å². The standard InChI is InChI=1S/C15H21F3O/c1-3-4-5-6-9-12(2)19-14-11-8-7-10-13(14)15(16,17)18/h7-8,10-12H,3-6,9H2,1-2H3/t12-/m1/s1. The van der Waals surface area contributed by atoms with Gasteiger partial charge in [-0.1, -0.05) is 38.3 Å². The predicted octanol–water partition coefficient (Wildman–Crippen LogP) is 5.44. The Hall–Kier alpha value is -1.19. The number of hydrogen-bond donors (Lipinski definition) is 0. The lowest BCUT2D eigenvalue weighted by Gasteiger charge is -2.18. The van der Waals surface area contributed by atoms with Crippen LogP contribution < -0.4 is 4.74 Å². The molecule has 0 spiro atoms. The lowest BCUT2D eigenvalue weighted by atomic mass is 10.1. The Balaban J connectivity index is 2.57. The maximum Gasteiger partial charge on any atom is 0.419 e. The fourth-order valence-corrected chi connectivity index (χ4v) is 1.94. The van der Waals surface area contributed by atoms with Crippen molar-refractivity contribution in [3.8, 4) is 5.75 Å². The van der Waals surface area contributed by atoms with Gasteiger partial charge in [0.1, 0.15) is 5.75 Å². The van der Waals surface area contributed by atoms with Crippen LogP contribution in [-0.4, -0.2) is 6.10 Å². The smallest absolute Gasteiger partial charge is 0.419 e. The second-order valence-corrected chi connectivity index (χ2v) is 4.77. The van der Waals surface area contributed by atoms with Crippen LogP contribution >= 0.6 is 0 Å². The molecule has 1 aromatic carbocycles. The number of benzene rings is 1. The highest BCUT2D eigenvalue weighted by Crippen LogP contribution is 2.36. The zero-order valence-electron chi connectivity index (χ0n) is 11.5. The van der Waals surface area contributed by atoms with Crippen LogP contribution in [0.1, 0.15) is 51.5 Å². The van der Waals surface area contributed by atoms with E-state index in [1.54, 1.807) is 6.07 Å². The summed E-state index contributed by atoms with van der Waals surface area (Å²) in [7, 11) is 0. The van der Waals surface area contributed by atoms with E-state index in [1.165, 1.54) is 12.1 Å². The van der Waals surface area contributed by atoms with Gasteiger partial charge in [0, 0.05) is 0 Å². The van der Waals surface area contributed by atoms with Crippen molar-refractivity contribution < 1.29 is 17.9 Å². The molecule has 0 aromatic heterocycles. The van der Waals surface area contributed by atoms with Crippen LogP contribution in [0.3, 0.4) is 0 Å². The van der Waals surface area contributed by atoms with Crippen LogP contribution in [0.4, 0.5) is 13.2 Å². The zero-order chi connectivity index (χ0) is 14.3. The van der Waals surface area contributed by atoms with Crippen LogP contribution in [0.2, 0.25) is 0 Å². The third-order valence-electron chi connectivity index (χ3n) is 2.98. The summed E-state index contributed by atoms with van der Waals surface area (Å²) in [5.41, 5.74) is -0.699. The van der Waals surface area contributed by atoms with E-state index in [1.807, 2.05) is 6.92 Å². The van der Waals surface area contributed by atoms with Crippen molar-refractivity contribution in [3.05, 3.63) is 29.8 Å². The van der Waals surface area contributed by atoms with E-state index in [9.17, 15) is 13.2 Å². The monoisotopic (exact) mass is 274 g/mol. The van der Waals surface area contributed by atoms with Crippen LogP contribution in [-0.2, 0) is 6.18 Å². The van der Waals surface area contributed by atoms with E-state index in [4.69, 9.17) is 4.74 Å². The third kappa shape index (κ3) is 5.53. The molecule has 19 heavy (non-hydrogen) atoms. The molecular weight excluding hydrogens is 253 g/mol. The first-order valence-electron chi connectivity index (χ1n) is 6.78. The van der Waals surface area contributed by atoms with Crippen LogP contribution in [0.25, 0.3) is 0 Å². The predicted molar refractivity (Wildman–Crippen MR) is 70.3 cm³/mol. The molecule has 0 fully saturated rings. The van der Waals surface area contributed by atoms with Crippen molar-refractivity contribution in [2.45, 2.75) is 58.2 Å². The van der Waals surface area contributed by atoms with Crippen molar-refractivity contribution in [1.82, 2.24) is 0 Å². The average Bonchev–Trinajstić information content (AvgIpc) is 2.34. The van der Waals surface area contributed by atoms with Gasteiger partial charge < -0.3 is 4.74 Å². The number of hydrogen-bond acceptors (Lipinski definition) is 1. The minimum atomic E-state index is -4.36. The largest absolute Gasteiger partial charge is 0.490 e. The van der Waals surface area contributed by atoms with Gasteiger partial charge in [-0.05, 0) is 31.9 Å². The minimum Gasteiger partial charge on any atom is -0.490 e. The van der Waals surface area contributed by atoms with Crippen LogP contribution in [0.5, 0.6) is 5.75 Å². The Morgan fingerprint density at radius 2 is 1.79 bits per heavy atom. The molecule has 0 bridgehead atoms. The highest BCUT2D eigenvalue weighted by molar-refractivity contribution is 5.35. The second kappa shape index (κ2) is 7.41. The Labute approximate surface area is 112 Å². The highest BCUT2D eigenvalue weighted by Gasteiger charge is 2.34. The van der Waals surface area contributed by atoms with Gasteiger partial charge in [-0.25, -0.2) is 0 Å². The van der Waals surface area contributed by atoms with Crippen LogP contribution in [0.15, 0.2) is 24.3 Å². The van der Waals surface area contributed by atoms with E-state index in [-0.39, 0.29) is 11.9 Å². The first-order chi connectivity index (χ1) is 8.95. The summed E-state index contributed by atoms with van der Waals surface area (Å²) in [5, 5.41) is 0. The second-order valence-electron chi connectivity index (χ2n) is 4.77. The lowest BCUT2D eigenvalue weighted by molar-refractivity contribution is -0.139. The van der Waals surface area contributed by atoms with Gasteiger partial charge in [0.05, 0.1) is 11.7 Å². The SMILES string of the molecule is CCCCCC[C@@H](C)Oc1ccccc1C(F)(F)F. The average molecular weight is 274 g/mol. The number of rotatable bonds is 7. The molecule has 1 aromatic rings. The Bertz CT molecular complexity index is 374. The lowest BCUT2D eigenvalue weighted by Crippen LogP contribution is -2.15. The summed E-state index contributed by atoms with van der Waals surface area (Å²) < 4.78 is 43.7. The van der Waals surface area contributed by atoms with Crippen molar-refractivity contribution in [3.63, 3.8) is 0 Å². The Morgan fingerprint density at radius 1 is 1.11 bits per heavy atom. The first-order valence-corrected chi connectivity index (χ1v) is 6.78. The molecule has 1 nitrogen and oxygen atoms in total. The van der Waals surface area contributed by atoms with E-state index in [0.717, 1.165) is 38.2 Å². The normalized spacial score (nSPS) is 13.3. The van der Waals surface area contributed by atoms with Crippen molar-refractivity contribution >= 4 is 0 Å². The van der Waals surface area contributed by atoms with E-state index >= 15 is 0 Å². The molecule has 0 amide bonds. The summed E-state index contributed by atoms with van der Waals surface area (Å²) in [5.74, 6) is -0.0713. The van der Waals surface area contributed by atoms with Crippen LogP contribution in [0, 0.1) is 0 Å². The molecule has 0 aliphatic heterocycles. The minimum absolute atomic E-state index is 0.0713. The number of ether oxygens (including phenoxy) is 1. The van der Waals surface area contributed by atoms with Gasteiger partial charge >= 0.3 is 6.18 Å². The number of para-hydroxylation sites is 1. The fourth-order valence-electron chi connectivity index (χ4n) is 1.94. The third-order valence-corrected chi connectivity index (χ3v) is 2.98. The molecule has 0 heterocycles. The topological polar surface area (TPSA) is 9.23 Å². The first kappa shape index (κ1) is 15.9. The van der Waals surface area contributed by atoms with Gasteiger partial charge in [0.25, 0.3) is 0 Å². The van der Waals surface area contributed by atoms with Gasteiger partial charge in [-0.2, -0.15) is 13.2 Å². The molecule has 0 saturated carbocycles. The molecular formula is C15H21F3O. The zero-order valence-corrected chi connectivity index (χ0v) is 11.5. The number of unbranched alkanes of at least 4 members (excludes halogenated alkanes) is 3. The fraction of sp³-hybridized carbons (Fsp3) is 0.600. The molecule has 0 radical (unpaired) electrons. The van der Waals surface area contributed by atoms with Gasteiger partial charge in [0.2, 0.25) is 0 Å². The van der Waals surface area contributed by atoms with Gasteiger partial charge in [-0.3, -0.25) is 0 Å². The molecule has 0 aliphatic rings. The summed E-state index contributed by atoms with van der Waals surface area (Å²) in [6, 6.07) is 5.38. The van der Waals surface area contributed by atoms with E-state index in [0.29, 0.717) is 0 Å². The maximum atomic E-state index is 12.8. The Kier molecular flexibility index (Phi) is 6.19. The molecule has 4 heteroatoms. The van der Waals surface area contributed by atoms with Gasteiger partial charge in [-0.15, -0.1) is 0 Å².